The quantitative estimate of drug-likeness (QED) is 0.338. The van der Waals surface area contributed by atoms with Gasteiger partial charge in [0.1, 0.15) is 22.9 Å². The van der Waals surface area contributed by atoms with Gasteiger partial charge in [0.25, 0.3) is 5.91 Å². The summed E-state index contributed by atoms with van der Waals surface area (Å²) in [6.45, 7) is 0.287. The average molecular weight is 605 g/mol. The number of carbonyl (C=O) groups excluding carboxylic acids is 2. The zero-order valence-electron chi connectivity index (χ0n) is 23.0. The van der Waals surface area contributed by atoms with E-state index in [0.29, 0.717) is 43.7 Å². The van der Waals surface area contributed by atoms with Crippen molar-refractivity contribution in [3.05, 3.63) is 76.5 Å². The maximum atomic E-state index is 13.6. The van der Waals surface area contributed by atoms with Crippen molar-refractivity contribution in [2.45, 2.75) is 56.8 Å². The molecule has 1 spiro atoms. The van der Waals surface area contributed by atoms with Gasteiger partial charge in [-0.2, -0.15) is 18.3 Å². The minimum absolute atomic E-state index is 0.0578. The highest BCUT2D eigenvalue weighted by Gasteiger charge is 2.46. The lowest BCUT2D eigenvalue weighted by Crippen LogP contribution is -2.49. The zero-order chi connectivity index (χ0) is 30.1. The first kappa shape index (κ1) is 29.6. The van der Waals surface area contributed by atoms with E-state index in [1.165, 1.54) is 0 Å². The van der Waals surface area contributed by atoms with Crippen molar-refractivity contribution < 1.29 is 35.9 Å². The maximum absolute atomic E-state index is 13.6. The maximum Gasteiger partial charge on any atom is 0.389 e. The molecule has 1 aliphatic carbocycles. The summed E-state index contributed by atoms with van der Waals surface area (Å²) < 4.78 is 67.8. The molecule has 2 N–H and O–H groups in total. The molecule has 0 saturated carbocycles. The van der Waals surface area contributed by atoms with E-state index in [0.717, 1.165) is 22.9 Å². The van der Waals surface area contributed by atoms with Crippen LogP contribution >= 0.6 is 0 Å². The van der Waals surface area contributed by atoms with Gasteiger partial charge in [-0.05, 0) is 54.5 Å². The monoisotopic (exact) mass is 604 g/mol. The first-order chi connectivity index (χ1) is 19.8. The topological polar surface area (TPSA) is 119 Å². The Morgan fingerprint density at radius 3 is 2.67 bits per heavy atom. The third kappa shape index (κ3) is 6.77. The Morgan fingerprint density at radius 2 is 1.95 bits per heavy atom. The molecule has 9 nitrogen and oxygen atoms in total. The average Bonchev–Trinajstić information content (AvgIpc) is 3.42. The van der Waals surface area contributed by atoms with E-state index in [4.69, 9.17) is 9.84 Å². The van der Waals surface area contributed by atoms with E-state index in [2.05, 4.69) is 10.6 Å². The number of alkyl halides is 3. The minimum Gasteiger partial charge on any atom is -0.494 e. The normalized spacial score (nSPS) is 18.0. The molecule has 2 amide bonds. The van der Waals surface area contributed by atoms with Crippen LogP contribution in [-0.2, 0) is 46.0 Å². The number of sulfone groups is 1. The molecule has 0 fully saturated rings. The predicted molar refractivity (Wildman–Crippen MR) is 149 cm³/mol. The molecule has 0 bridgehead atoms. The molecule has 1 aliphatic heterocycles. The number of benzene rings is 2. The molecule has 42 heavy (non-hydrogen) atoms. The molecule has 224 valence electrons. The van der Waals surface area contributed by atoms with E-state index >= 15 is 0 Å². The fraction of sp³-hybridized carbons (Fsp3) is 0.414. The third-order valence-electron chi connectivity index (χ3n) is 7.47. The number of hydrogen-bond acceptors (Lipinski definition) is 6. The van der Waals surface area contributed by atoms with E-state index in [-0.39, 0.29) is 24.4 Å². The van der Waals surface area contributed by atoms with Crippen molar-refractivity contribution in [1.29, 1.82) is 0 Å². The Bertz CT molecular complexity index is 1610. The smallest absolute Gasteiger partial charge is 0.389 e. The Balaban J connectivity index is 1.39. The van der Waals surface area contributed by atoms with Crippen LogP contribution in [0.2, 0.25) is 0 Å². The van der Waals surface area contributed by atoms with Crippen LogP contribution in [-0.4, -0.2) is 54.8 Å². The van der Waals surface area contributed by atoms with Crippen molar-refractivity contribution in [3.63, 3.8) is 0 Å². The van der Waals surface area contributed by atoms with E-state index in [9.17, 15) is 31.2 Å². The number of aryl methyl sites for hydroxylation is 3. The molecule has 3 aromatic rings. The van der Waals surface area contributed by atoms with Gasteiger partial charge in [0.2, 0.25) is 5.91 Å². The summed E-state index contributed by atoms with van der Waals surface area (Å²) in [6.07, 6.45) is -2.20. The fourth-order valence-electron chi connectivity index (χ4n) is 5.65. The standard InChI is InChI=1S/C29H31F3N4O5S/c1-42(39,40)18-24(37)33-26-25-23(35-36(26)14-11-19-6-3-2-4-7-19)17-28(34-27(25)38)13-10-20-16-21(8-9-22(20)28)41-15-5-12-29(30,31)32/h2-4,6-9,16H,5,10-15,17-18H2,1H3,(H,33,37)(H,34,38)/t28-/m0/s1. The summed E-state index contributed by atoms with van der Waals surface area (Å²) in [5.74, 6) is -1.30. The molecule has 0 radical (unpaired) electrons. The lowest BCUT2D eigenvalue weighted by atomic mass is 9.82. The van der Waals surface area contributed by atoms with Gasteiger partial charge in [-0.15, -0.1) is 0 Å². The number of halogens is 3. The first-order valence-electron chi connectivity index (χ1n) is 13.6. The van der Waals surface area contributed by atoms with Crippen molar-refractivity contribution >= 4 is 27.5 Å². The first-order valence-corrected chi connectivity index (χ1v) is 15.6. The molecule has 5 rings (SSSR count). The van der Waals surface area contributed by atoms with Gasteiger partial charge >= 0.3 is 6.18 Å². The van der Waals surface area contributed by atoms with Crippen LogP contribution in [0.1, 0.15) is 52.0 Å². The van der Waals surface area contributed by atoms with Crippen LogP contribution in [0.3, 0.4) is 0 Å². The second-order valence-electron chi connectivity index (χ2n) is 10.8. The van der Waals surface area contributed by atoms with Crippen LogP contribution in [0, 0.1) is 0 Å². The molecule has 1 atom stereocenters. The van der Waals surface area contributed by atoms with E-state index in [1.54, 1.807) is 16.8 Å². The number of rotatable bonds is 10. The predicted octanol–water partition coefficient (Wildman–Crippen LogP) is 3.96. The largest absolute Gasteiger partial charge is 0.494 e. The molecule has 1 aromatic heterocycles. The van der Waals surface area contributed by atoms with Crippen LogP contribution < -0.4 is 15.4 Å². The van der Waals surface area contributed by atoms with Crippen LogP contribution in [0.5, 0.6) is 5.75 Å². The molecule has 2 heterocycles. The summed E-state index contributed by atoms with van der Waals surface area (Å²) in [4.78, 5) is 26.2. The van der Waals surface area contributed by atoms with Gasteiger partial charge in [0, 0.05) is 25.6 Å². The van der Waals surface area contributed by atoms with Crippen molar-refractivity contribution in [2.75, 3.05) is 23.9 Å². The Hall–Kier alpha value is -3.87. The van der Waals surface area contributed by atoms with Crippen molar-refractivity contribution in [2.24, 2.45) is 0 Å². The lowest BCUT2D eigenvalue weighted by Gasteiger charge is -2.35. The van der Waals surface area contributed by atoms with Gasteiger partial charge in [-0.1, -0.05) is 36.4 Å². The van der Waals surface area contributed by atoms with Crippen molar-refractivity contribution in [1.82, 2.24) is 15.1 Å². The highest BCUT2D eigenvalue weighted by atomic mass is 32.2. The van der Waals surface area contributed by atoms with E-state index in [1.807, 2.05) is 36.4 Å². The molecule has 0 saturated heterocycles. The van der Waals surface area contributed by atoms with Gasteiger partial charge in [0.05, 0.1) is 17.8 Å². The summed E-state index contributed by atoms with van der Waals surface area (Å²) in [5.41, 5.74) is 2.78. The van der Waals surface area contributed by atoms with Crippen LogP contribution in [0.25, 0.3) is 0 Å². The molecule has 2 aliphatic rings. The Labute approximate surface area is 241 Å². The number of aromatic nitrogens is 2. The summed E-state index contributed by atoms with van der Waals surface area (Å²) in [7, 11) is -3.60. The summed E-state index contributed by atoms with van der Waals surface area (Å²) >= 11 is 0. The lowest BCUT2D eigenvalue weighted by molar-refractivity contribution is -0.136. The second kappa shape index (κ2) is 11.4. The van der Waals surface area contributed by atoms with Crippen LogP contribution in [0.15, 0.2) is 48.5 Å². The SMILES string of the molecule is CS(=O)(=O)CC(=O)Nc1c2c(nn1CCc1ccccc1)C[C@]1(CCc3cc(OCCCC(F)(F)F)ccc31)NC2=O. The summed E-state index contributed by atoms with van der Waals surface area (Å²) in [5, 5.41) is 10.4. The van der Waals surface area contributed by atoms with Gasteiger partial charge in [0.15, 0.2) is 9.84 Å². The number of anilines is 1. The number of ether oxygens (including phenoxy) is 1. The van der Waals surface area contributed by atoms with Gasteiger partial charge < -0.3 is 15.4 Å². The fourth-order valence-corrected chi connectivity index (χ4v) is 6.20. The van der Waals surface area contributed by atoms with E-state index < -0.39 is 45.5 Å². The second-order valence-corrected chi connectivity index (χ2v) is 13.0. The minimum atomic E-state index is -4.23. The summed E-state index contributed by atoms with van der Waals surface area (Å²) in [6, 6.07) is 14.9. The number of fused-ring (bicyclic) bond motifs is 3. The van der Waals surface area contributed by atoms with Gasteiger partial charge in [-0.3, -0.25) is 9.59 Å². The molecule has 13 heteroatoms. The van der Waals surface area contributed by atoms with Crippen LogP contribution in [0.4, 0.5) is 19.0 Å². The van der Waals surface area contributed by atoms with Crippen molar-refractivity contribution in [3.8, 4) is 5.75 Å². The molecular weight excluding hydrogens is 573 g/mol. The van der Waals surface area contributed by atoms with Gasteiger partial charge in [-0.25, -0.2) is 13.1 Å². The zero-order valence-corrected chi connectivity index (χ0v) is 23.8. The molecule has 2 aromatic carbocycles. The molecular formula is C29H31F3N4O5S. The Morgan fingerprint density at radius 1 is 1.19 bits per heavy atom. The highest BCUT2D eigenvalue weighted by molar-refractivity contribution is 7.91. The Kier molecular flexibility index (Phi) is 8.06. The number of hydrogen-bond donors (Lipinski definition) is 2. The number of nitrogens with zero attached hydrogens (tertiary/aromatic N) is 2. The third-order valence-corrected chi connectivity index (χ3v) is 8.25. The highest BCUT2D eigenvalue weighted by Crippen LogP contribution is 2.44. The number of amides is 2. The molecule has 0 unspecified atom stereocenters. The number of carbonyl (C=O) groups is 2. The number of nitrogens with one attached hydrogen (secondary N) is 2.